The summed E-state index contributed by atoms with van der Waals surface area (Å²) in [6.07, 6.45) is 6.62. The number of nitrogens with zero attached hydrogens (tertiary/aromatic N) is 3. The zero-order valence-electron chi connectivity index (χ0n) is 17.6. The number of aryl methyl sites for hydroxylation is 1. The first-order valence-electron chi connectivity index (χ1n) is 10.8. The van der Waals surface area contributed by atoms with Crippen molar-refractivity contribution in [3.05, 3.63) is 72.6 Å². The number of amides is 1. The molecule has 2 N–H and O–H groups in total. The van der Waals surface area contributed by atoms with Crippen LogP contribution in [-0.2, 0) is 11.2 Å². The van der Waals surface area contributed by atoms with Crippen LogP contribution in [0.4, 0.5) is 11.6 Å². The third kappa shape index (κ3) is 5.67. The molecular formula is C25H28N4O2. The molecule has 0 spiro atoms. The standard InChI is InChI=1S/C25H28N4O2/c30-18-20-10-14-29(15-11-20)24-17-22(9-13-27-24)21-8-12-26-23(16-21)28-25(31)7-6-19-4-2-1-3-5-19/h1-5,8-9,12-13,16-17,20,30H,6-7,10-11,14-15,18H2,(H,26,28,31). The number of aromatic nitrogens is 2. The Morgan fingerprint density at radius 2 is 1.71 bits per heavy atom. The second kappa shape index (κ2) is 10.2. The molecule has 1 aromatic carbocycles. The number of hydrogen-bond donors (Lipinski definition) is 2. The Morgan fingerprint density at radius 3 is 2.45 bits per heavy atom. The van der Waals surface area contributed by atoms with Crippen LogP contribution in [0.2, 0.25) is 0 Å². The fourth-order valence-corrected chi connectivity index (χ4v) is 3.90. The minimum Gasteiger partial charge on any atom is -0.396 e. The summed E-state index contributed by atoms with van der Waals surface area (Å²) in [5.74, 6) is 1.85. The van der Waals surface area contributed by atoms with Gasteiger partial charge in [-0.25, -0.2) is 9.97 Å². The number of carbonyl (C=O) groups excluding carboxylic acids is 1. The van der Waals surface area contributed by atoms with Crippen LogP contribution in [0.5, 0.6) is 0 Å². The van der Waals surface area contributed by atoms with Crippen LogP contribution in [0.1, 0.15) is 24.8 Å². The highest BCUT2D eigenvalue weighted by molar-refractivity contribution is 5.90. The molecule has 2 aromatic heterocycles. The zero-order valence-corrected chi connectivity index (χ0v) is 17.6. The molecule has 0 bridgehead atoms. The van der Waals surface area contributed by atoms with Gasteiger partial charge in [-0.2, -0.15) is 0 Å². The summed E-state index contributed by atoms with van der Waals surface area (Å²) >= 11 is 0. The Hall–Kier alpha value is -3.25. The number of rotatable bonds is 7. The van der Waals surface area contributed by atoms with Gasteiger partial charge in [0.2, 0.25) is 5.91 Å². The number of hydrogen-bond acceptors (Lipinski definition) is 5. The van der Waals surface area contributed by atoms with E-state index in [0.29, 0.717) is 24.6 Å². The Bertz CT molecular complexity index is 1000. The van der Waals surface area contributed by atoms with Crippen molar-refractivity contribution in [2.75, 3.05) is 29.9 Å². The second-order valence-corrected chi connectivity index (χ2v) is 7.98. The molecule has 0 aliphatic carbocycles. The van der Waals surface area contributed by atoms with E-state index in [2.05, 4.69) is 26.3 Å². The van der Waals surface area contributed by atoms with Crippen molar-refractivity contribution in [3.63, 3.8) is 0 Å². The number of pyridine rings is 2. The van der Waals surface area contributed by atoms with Gasteiger partial charge in [0.25, 0.3) is 0 Å². The Morgan fingerprint density at radius 1 is 1.00 bits per heavy atom. The summed E-state index contributed by atoms with van der Waals surface area (Å²) in [4.78, 5) is 23.5. The lowest BCUT2D eigenvalue weighted by Crippen LogP contribution is -2.35. The number of aliphatic hydroxyl groups excluding tert-OH is 1. The molecule has 0 atom stereocenters. The fourth-order valence-electron chi connectivity index (χ4n) is 3.90. The Kier molecular flexibility index (Phi) is 6.89. The van der Waals surface area contributed by atoms with E-state index in [1.807, 2.05) is 54.7 Å². The van der Waals surface area contributed by atoms with Gasteiger partial charge in [0, 0.05) is 38.5 Å². The molecule has 1 amide bonds. The van der Waals surface area contributed by atoms with Crippen LogP contribution < -0.4 is 10.2 Å². The van der Waals surface area contributed by atoms with Gasteiger partial charge in [-0.1, -0.05) is 30.3 Å². The molecule has 1 saturated heterocycles. The maximum absolute atomic E-state index is 12.4. The monoisotopic (exact) mass is 416 g/mol. The van der Waals surface area contributed by atoms with Gasteiger partial charge >= 0.3 is 0 Å². The number of benzene rings is 1. The zero-order chi connectivity index (χ0) is 21.5. The average molecular weight is 417 g/mol. The topological polar surface area (TPSA) is 78.4 Å². The lowest BCUT2D eigenvalue weighted by atomic mass is 9.98. The molecule has 1 fully saturated rings. The van der Waals surface area contributed by atoms with Crippen molar-refractivity contribution in [3.8, 4) is 11.1 Å². The van der Waals surface area contributed by atoms with Crippen LogP contribution in [0.3, 0.4) is 0 Å². The largest absolute Gasteiger partial charge is 0.396 e. The van der Waals surface area contributed by atoms with Crippen molar-refractivity contribution in [2.24, 2.45) is 5.92 Å². The third-order valence-corrected chi connectivity index (χ3v) is 5.79. The molecule has 6 heteroatoms. The fraction of sp³-hybridized carbons (Fsp3) is 0.320. The second-order valence-electron chi connectivity index (χ2n) is 7.98. The molecular weight excluding hydrogens is 388 g/mol. The maximum atomic E-state index is 12.4. The Balaban J connectivity index is 1.40. The molecule has 4 rings (SSSR count). The summed E-state index contributed by atoms with van der Waals surface area (Å²) in [5.41, 5.74) is 3.17. The van der Waals surface area contributed by atoms with Crippen molar-refractivity contribution in [2.45, 2.75) is 25.7 Å². The molecule has 1 aliphatic rings. The van der Waals surface area contributed by atoms with Gasteiger partial charge in [-0.3, -0.25) is 4.79 Å². The highest BCUT2D eigenvalue weighted by Crippen LogP contribution is 2.27. The molecule has 0 saturated carbocycles. The average Bonchev–Trinajstić information content (AvgIpc) is 2.84. The van der Waals surface area contributed by atoms with Gasteiger partial charge in [-0.15, -0.1) is 0 Å². The van der Waals surface area contributed by atoms with Gasteiger partial charge in [-0.05, 0) is 66.1 Å². The van der Waals surface area contributed by atoms with E-state index >= 15 is 0 Å². The van der Waals surface area contributed by atoms with Gasteiger partial charge < -0.3 is 15.3 Å². The molecule has 160 valence electrons. The predicted octanol–water partition coefficient (Wildman–Crippen LogP) is 3.92. The summed E-state index contributed by atoms with van der Waals surface area (Å²) in [6.45, 7) is 2.07. The van der Waals surface area contributed by atoms with Crippen molar-refractivity contribution in [1.82, 2.24) is 9.97 Å². The summed E-state index contributed by atoms with van der Waals surface area (Å²) in [5, 5.41) is 12.3. The van der Waals surface area contributed by atoms with E-state index in [-0.39, 0.29) is 12.5 Å². The number of nitrogens with one attached hydrogen (secondary N) is 1. The lowest BCUT2D eigenvalue weighted by molar-refractivity contribution is -0.116. The van der Waals surface area contributed by atoms with E-state index in [4.69, 9.17) is 0 Å². The van der Waals surface area contributed by atoms with E-state index in [1.165, 1.54) is 0 Å². The number of anilines is 2. The number of piperidine rings is 1. The Labute approximate surface area is 183 Å². The normalized spacial score (nSPS) is 14.4. The van der Waals surface area contributed by atoms with E-state index in [9.17, 15) is 9.90 Å². The smallest absolute Gasteiger partial charge is 0.225 e. The molecule has 31 heavy (non-hydrogen) atoms. The summed E-state index contributed by atoms with van der Waals surface area (Å²) in [7, 11) is 0. The van der Waals surface area contributed by atoms with E-state index in [1.54, 1.807) is 6.20 Å². The maximum Gasteiger partial charge on any atom is 0.225 e. The summed E-state index contributed by atoms with van der Waals surface area (Å²) in [6, 6.07) is 17.9. The van der Waals surface area contributed by atoms with Gasteiger partial charge in [0.1, 0.15) is 11.6 Å². The van der Waals surface area contributed by atoms with E-state index < -0.39 is 0 Å². The quantitative estimate of drug-likeness (QED) is 0.610. The predicted molar refractivity (Wildman–Crippen MR) is 123 cm³/mol. The van der Waals surface area contributed by atoms with Crippen LogP contribution in [0, 0.1) is 5.92 Å². The van der Waals surface area contributed by atoms with Crippen molar-refractivity contribution < 1.29 is 9.90 Å². The first-order chi connectivity index (χ1) is 15.2. The van der Waals surface area contributed by atoms with Crippen LogP contribution in [-0.4, -0.2) is 40.7 Å². The van der Waals surface area contributed by atoms with Crippen LogP contribution >= 0.6 is 0 Å². The number of aliphatic hydroxyl groups is 1. The first kappa shape index (κ1) is 21.0. The third-order valence-electron chi connectivity index (χ3n) is 5.79. The van der Waals surface area contributed by atoms with Gasteiger partial charge in [0.05, 0.1) is 0 Å². The molecule has 0 radical (unpaired) electrons. The minimum absolute atomic E-state index is 0.0457. The lowest BCUT2D eigenvalue weighted by Gasteiger charge is -2.32. The van der Waals surface area contributed by atoms with Crippen LogP contribution in [0.25, 0.3) is 11.1 Å². The van der Waals surface area contributed by atoms with E-state index in [0.717, 1.165) is 48.4 Å². The number of carbonyl (C=O) groups is 1. The van der Waals surface area contributed by atoms with Crippen molar-refractivity contribution >= 4 is 17.5 Å². The SMILES string of the molecule is O=C(CCc1ccccc1)Nc1cc(-c2ccnc(N3CCC(CO)CC3)c2)ccn1. The highest BCUT2D eigenvalue weighted by Gasteiger charge is 2.19. The highest BCUT2D eigenvalue weighted by atomic mass is 16.3. The van der Waals surface area contributed by atoms with Crippen molar-refractivity contribution in [1.29, 1.82) is 0 Å². The molecule has 3 heterocycles. The summed E-state index contributed by atoms with van der Waals surface area (Å²) < 4.78 is 0. The van der Waals surface area contributed by atoms with Gasteiger partial charge in [0.15, 0.2) is 0 Å². The first-order valence-corrected chi connectivity index (χ1v) is 10.8. The molecule has 6 nitrogen and oxygen atoms in total. The molecule has 0 unspecified atom stereocenters. The molecule has 3 aromatic rings. The molecule has 1 aliphatic heterocycles. The van der Waals surface area contributed by atoms with Crippen LogP contribution in [0.15, 0.2) is 67.0 Å². The minimum atomic E-state index is -0.0457.